The first-order chi connectivity index (χ1) is 9.66. The second-order valence-corrected chi connectivity index (χ2v) is 5.20. The number of carbonyl (C=O) groups is 2. The summed E-state index contributed by atoms with van der Waals surface area (Å²) in [7, 11) is 0. The van der Waals surface area contributed by atoms with E-state index in [4.69, 9.17) is 0 Å². The molecule has 108 valence electrons. The number of carbonyl (C=O) groups excluding carboxylic acids is 2. The van der Waals surface area contributed by atoms with Gasteiger partial charge in [-0.1, -0.05) is 18.9 Å². The summed E-state index contributed by atoms with van der Waals surface area (Å²) >= 11 is 0. The number of nitrogens with one attached hydrogen (secondary N) is 1. The Labute approximate surface area is 119 Å². The first-order valence-electron chi connectivity index (χ1n) is 7.16. The number of aryl methyl sites for hydroxylation is 1. The monoisotopic (exact) mass is 275 g/mol. The molecule has 0 atom stereocenters. The van der Waals surface area contributed by atoms with Crippen LogP contribution in [0.3, 0.4) is 0 Å². The third-order valence-electron chi connectivity index (χ3n) is 3.52. The van der Waals surface area contributed by atoms with Crippen molar-refractivity contribution in [1.29, 1.82) is 0 Å². The predicted octanol–water partition coefficient (Wildman–Crippen LogP) is 2.12. The van der Waals surface area contributed by atoms with E-state index in [1.807, 2.05) is 19.1 Å². The van der Waals surface area contributed by atoms with Crippen LogP contribution in [0.2, 0.25) is 0 Å². The average Bonchev–Trinajstić information content (AvgIpc) is 2.41. The molecule has 2 heterocycles. The number of rotatable bonds is 3. The maximum atomic E-state index is 12.0. The highest BCUT2D eigenvalue weighted by Gasteiger charge is 2.18. The van der Waals surface area contributed by atoms with Gasteiger partial charge in [0.15, 0.2) is 0 Å². The van der Waals surface area contributed by atoms with Gasteiger partial charge in [-0.3, -0.25) is 9.59 Å². The van der Waals surface area contributed by atoms with Crippen molar-refractivity contribution in [3.8, 4) is 0 Å². The lowest BCUT2D eigenvalue weighted by atomic mass is 10.1. The van der Waals surface area contributed by atoms with Crippen molar-refractivity contribution in [2.75, 3.05) is 18.4 Å². The second-order valence-electron chi connectivity index (χ2n) is 5.20. The van der Waals surface area contributed by atoms with Gasteiger partial charge in [-0.15, -0.1) is 0 Å². The molecule has 1 N–H and O–H groups in total. The SMILES string of the molecule is Cc1cccnc1NC(=O)CN1CCCCCCC1=O. The van der Waals surface area contributed by atoms with Gasteiger partial charge >= 0.3 is 0 Å². The molecular formula is C15H21N3O2. The van der Waals surface area contributed by atoms with Crippen molar-refractivity contribution < 1.29 is 9.59 Å². The number of nitrogens with zero attached hydrogens (tertiary/aromatic N) is 2. The molecule has 1 fully saturated rings. The number of anilines is 1. The molecule has 0 saturated carbocycles. The lowest BCUT2D eigenvalue weighted by Gasteiger charge is -2.24. The first-order valence-corrected chi connectivity index (χ1v) is 7.16. The van der Waals surface area contributed by atoms with Crippen LogP contribution in [0, 0.1) is 6.92 Å². The van der Waals surface area contributed by atoms with Gasteiger partial charge in [-0.25, -0.2) is 4.98 Å². The summed E-state index contributed by atoms with van der Waals surface area (Å²) in [6.07, 6.45) is 6.33. The zero-order valence-corrected chi connectivity index (χ0v) is 11.9. The summed E-state index contributed by atoms with van der Waals surface area (Å²) in [6, 6.07) is 3.72. The van der Waals surface area contributed by atoms with E-state index in [0.717, 1.165) is 31.2 Å². The van der Waals surface area contributed by atoms with Crippen molar-refractivity contribution in [3.05, 3.63) is 23.9 Å². The van der Waals surface area contributed by atoms with E-state index in [1.54, 1.807) is 11.1 Å². The maximum Gasteiger partial charge on any atom is 0.245 e. The Morgan fingerprint density at radius 1 is 1.35 bits per heavy atom. The number of pyridine rings is 1. The van der Waals surface area contributed by atoms with Gasteiger partial charge in [0.05, 0.1) is 6.54 Å². The van der Waals surface area contributed by atoms with Gasteiger partial charge < -0.3 is 10.2 Å². The smallest absolute Gasteiger partial charge is 0.245 e. The fourth-order valence-electron chi connectivity index (χ4n) is 2.34. The Kier molecular flexibility index (Phi) is 5.09. The molecule has 2 amide bonds. The van der Waals surface area contributed by atoms with E-state index in [1.165, 1.54) is 0 Å². The molecule has 1 saturated heterocycles. The molecule has 5 nitrogen and oxygen atoms in total. The van der Waals surface area contributed by atoms with Crippen LogP contribution in [0.5, 0.6) is 0 Å². The lowest BCUT2D eigenvalue weighted by Crippen LogP contribution is -2.39. The number of amides is 2. The molecule has 0 aliphatic carbocycles. The largest absolute Gasteiger partial charge is 0.333 e. The van der Waals surface area contributed by atoms with E-state index >= 15 is 0 Å². The van der Waals surface area contributed by atoms with E-state index in [0.29, 0.717) is 18.8 Å². The molecule has 0 unspecified atom stereocenters. The first kappa shape index (κ1) is 14.5. The van der Waals surface area contributed by atoms with Crippen LogP contribution in [0.15, 0.2) is 18.3 Å². The minimum atomic E-state index is -0.180. The molecule has 2 rings (SSSR count). The number of likely N-dealkylation sites (tertiary alicyclic amines) is 1. The molecule has 0 bridgehead atoms. The minimum absolute atomic E-state index is 0.0811. The summed E-state index contributed by atoms with van der Waals surface area (Å²) in [6.45, 7) is 2.69. The van der Waals surface area contributed by atoms with E-state index in [9.17, 15) is 9.59 Å². The van der Waals surface area contributed by atoms with Crippen LogP contribution in [0.1, 0.15) is 37.7 Å². The zero-order chi connectivity index (χ0) is 14.4. The molecule has 0 spiro atoms. The molecule has 0 radical (unpaired) electrons. The highest BCUT2D eigenvalue weighted by molar-refractivity contribution is 5.94. The standard InChI is InChI=1S/C15H21N3O2/c1-12-7-6-9-16-15(12)17-13(19)11-18-10-5-3-2-4-8-14(18)20/h6-7,9H,2-5,8,10-11H2,1H3,(H,16,17,19). The minimum Gasteiger partial charge on any atom is -0.333 e. The van der Waals surface area contributed by atoms with E-state index in [-0.39, 0.29) is 18.4 Å². The number of hydrogen-bond acceptors (Lipinski definition) is 3. The van der Waals surface area contributed by atoms with Gasteiger partial charge in [0.25, 0.3) is 0 Å². The summed E-state index contributed by atoms with van der Waals surface area (Å²) < 4.78 is 0. The number of hydrogen-bond donors (Lipinski definition) is 1. The highest BCUT2D eigenvalue weighted by Crippen LogP contribution is 2.12. The molecule has 20 heavy (non-hydrogen) atoms. The predicted molar refractivity (Wildman–Crippen MR) is 77.3 cm³/mol. The van der Waals surface area contributed by atoms with Crippen LogP contribution in [0.4, 0.5) is 5.82 Å². The van der Waals surface area contributed by atoms with Gasteiger partial charge in [-0.05, 0) is 31.4 Å². The third kappa shape index (κ3) is 4.05. The fraction of sp³-hybridized carbons (Fsp3) is 0.533. The van der Waals surface area contributed by atoms with Gasteiger partial charge in [0.2, 0.25) is 11.8 Å². The molecule has 1 aliphatic rings. The second kappa shape index (κ2) is 7.03. The number of aromatic nitrogens is 1. The lowest BCUT2D eigenvalue weighted by molar-refractivity contribution is -0.135. The zero-order valence-electron chi connectivity index (χ0n) is 11.9. The Hall–Kier alpha value is -1.91. The molecule has 5 heteroatoms. The average molecular weight is 275 g/mol. The van der Waals surface area contributed by atoms with Crippen LogP contribution >= 0.6 is 0 Å². The summed E-state index contributed by atoms with van der Waals surface area (Å²) in [5.74, 6) is 0.468. The van der Waals surface area contributed by atoms with Gasteiger partial charge in [-0.2, -0.15) is 0 Å². The van der Waals surface area contributed by atoms with Crippen molar-refractivity contribution in [1.82, 2.24) is 9.88 Å². The maximum absolute atomic E-state index is 12.0. The van der Waals surface area contributed by atoms with Gasteiger partial charge in [0.1, 0.15) is 5.82 Å². The van der Waals surface area contributed by atoms with Crippen LogP contribution in [0.25, 0.3) is 0 Å². The molecule has 0 aromatic carbocycles. The third-order valence-corrected chi connectivity index (χ3v) is 3.52. The fourth-order valence-corrected chi connectivity index (χ4v) is 2.34. The Morgan fingerprint density at radius 2 is 2.15 bits per heavy atom. The van der Waals surface area contributed by atoms with E-state index < -0.39 is 0 Å². The highest BCUT2D eigenvalue weighted by atomic mass is 16.2. The van der Waals surface area contributed by atoms with Crippen molar-refractivity contribution >= 4 is 17.6 Å². The molecule has 1 aliphatic heterocycles. The molecule has 1 aromatic heterocycles. The summed E-state index contributed by atoms with van der Waals surface area (Å²) in [4.78, 5) is 29.8. The Bertz CT molecular complexity index is 488. The quantitative estimate of drug-likeness (QED) is 0.919. The molecule has 1 aromatic rings. The van der Waals surface area contributed by atoms with Crippen LogP contribution in [-0.2, 0) is 9.59 Å². The van der Waals surface area contributed by atoms with Crippen molar-refractivity contribution in [2.45, 2.75) is 39.0 Å². The Balaban J connectivity index is 1.92. The topological polar surface area (TPSA) is 62.3 Å². The normalized spacial score (nSPS) is 16.4. The van der Waals surface area contributed by atoms with Crippen molar-refractivity contribution in [3.63, 3.8) is 0 Å². The Morgan fingerprint density at radius 3 is 2.95 bits per heavy atom. The van der Waals surface area contributed by atoms with Gasteiger partial charge in [0, 0.05) is 19.2 Å². The van der Waals surface area contributed by atoms with Crippen LogP contribution in [-0.4, -0.2) is 34.8 Å². The summed E-state index contributed by atoms with van der Waals surface area (Å²) in [5.41, 5.74) is 0.917. The van der Waals surface area contributed by atoms with Crippen molar-refractivity contribution in [2.24, 2.45) is 0 Å². The summed E-state index contributed by atoms with van der Waals surface area (Å²) in [5, 5.41) is 2.77. The molecular weight excluding hydrogens is 254 g/mol. The van der Waals surface area contributed by atoms with Crippen LogP contribution < -0.4 is 5.32 Å². The van der Waals surface area contributed by atoms with E-state index in [2.05, 4.69) is 10.3 Å².